The molecule has 30 heavy (non-hydrogen) atoms. The maximum Gasteiger partial charge on any atom is 0.354 e. The lowest BCUT2D eigenvalue weighted by molar-refractivity contribution is 0.0594. The second-order valence-electron chi connectivity index (χ2n) is 6.62. The zero-order chi connectivity index (χ0) is 21.7. The van der Waals surface area contributed by atoms with Crippen LogP contribution < -0.4 is 16.0 Å². The highest BCUT2D eigenvalue weighted by Crippen LogP contribution is 2.26. The monoisotopic (exact) mass is 427 g/mol. The highest BCUT2D eigenvalue weighted by atomic mass is 32.1. The van der Waals surface area contributed by atoms with Crippen LogP contribution in [-0.2, 0) is 4.74 Å². The van der Waals surface area contributed by atoms with Gasteiger partial charge in [-0.3, -0.25) is 10.1 Å². The van der Waals surface area contributed by atoms with Crippen molar-refractivity contribution in [1.82, 2.24) is 15.3 Å². The molecule has 3 amide bonds. The average molecular weight is 427 g/mol. The Bertz CT molecular complexity index is 1060. The molecular weight excluding hydrogens is 406 g/mol. The van der Waals surface area contributed by atoms with Crippen molar-refractivity contribution >= 4 is 40.1 Å². The van der Waals surface area contributed by atoms with Gasteiger partial charge < -0.3 is 20.4 Å². The van der Waals surface area contributed by atoms with Gasteiger partial charge in [-0.05, 0) is 44.2 Å². The fourth-order valence-corrected chi connectivity index (χ4v) is 3.25. The molecule has 2 aromatic heterocycles. The van der Waals surface area contributed by atoms with E-state index in [9.17, 15) is 14.4 Å². The van der Waals surface area contributed by atoms with E-state index in [2.05, 4.69) is 30.7 Å². The van der Waals surface area contributed by atoms with E-state index in [0.717, 1.165) is 0 Å². The molecule has 0 aliphatic rings. The molecule has 0 bridgehead atoms. The van der Waals surface area contributed by atoms with E-state index in [0.29, 0.717) is 33.3 Å². The molecular formula is C20H21N5O4S. The first kappa shape index (κ1) is 21.1. The van der Waals surface area contributed by atoms with Gasteiger partial charge in [0.1, 0.15) is 5.69 Å². The fraction of sp³-hybridized carbons (Fsp3) is 0.200. The first-order chi connectivity index (χ1) is 14.4. The summed E-state index contributed by atoms with van der Waals surface area (Å²) in [6, 6.07) is 7.88. The molecule has 0 fully saturated rings. The molecule has 2 heterocycles. The second-order valence-corrected chi connectivity index (χ2v) is 7.47. The predicted molar refractivity (Wildman–Crippen MR) is 115 cm³/mol. The summed E-state index contributed by atoms with van der Waals surface area (Å²) in [7, 11) is 1.31. The number of nitrogens with one attached hydrogen (secondary N) is 4. The molecule has 1 aromatic carbocycles. The molecule has 0 spiro atoms. The Kier molecular flexibility index (Phi) is 6.48. The van der Waals surface area contributed by atoms with E-state index in [-0.39, 0.29) is 18.0 Å². The quantitative estimate of drug-likeness (QED) is 0.446. The van der Waals surface area contributed by atoms with Crippen LogP contribution in [0, 0.1) is 0 Å². The Morgan fingerprint density at radius 2 is 1.87 bits per heavy atom. The highest BCUT2D eigenvalue weighted by molar-refractivity contribution is 7.14. The van der Waals surface area contributed by atoms with Crippen molar-refractivity contribution < 1.29 is 19.1 Å². The molecule has 0 radical (unpaired) electrons. The van der Waals surface area contributed by atoms with E-state index in [4.69, 9.17) is 0 Å². The number of carbonyl (C=O) groups is 3. The number of methoxy groups -OCH3 is 1. The number of rotatable bonds is 6. The standard InChI is InChI=1S/C20H21N5O4S/c1-11(2)22-19(28)23-14-6-4-12(5-7-14)17(26)25-20-24-16(10-30-20)13-8-15(21-9-13)18(27)29-3/h4-11,21H,1-3H3,(H2,22,23,28)(H,24,25,26). The zero-order valence-corrected chi connectivity index (χ0v) is 17.4. The van der Waals surface area contributed by atoms with Gasteiger partial charge >= 0.3 is 12.0 Å². The van der Waals surface area contributed by atoms with Crippen molar-refractivity contribution in [3.8, 4) is 11.3 Å². The fourth-order valence-electron chi connectivity index (χ4n) is 2.54. The summed E-state index contributed by atoms with van der Waals surface area (Å²) in [6.45, 7) is 3.73. The van der Waals surface area contributed by atoms with E-state index >= 15 is 0 Å². The first-order valence-corrected chi connectivity index (χ1v) is 9.95. The number of hydrogen-bond donors (Lipinski definition) is 4. The summed E-state index contributed by atoms with van der Waals surface area (Å²) in [5.74, 6) is -0.789. The molecule has 156 valence electrons. The van der Waals surface area contributed by atoms with Crippen LogP contribution in [0.2, 0.25) is 0 Å². The molecule has 0 unspecified atom stereocenters. The predicted octanol–water partition coefficient (Wildman–Crippen LogP) is 3.71. The summed E-state index contributed by atoms with van der Waals surface area (Å²) < 4.78 is 4.67. The topological polar surface area (TPSA) is 125 Å². The lowest BCUT2D eigenvalue weighted by atomic mass is 10.2. The van der Waals surface area contributed by atoms with Gasteiger partial charge in [-0.25, -0.2) is 14.6 Å². The van der Waals surface area contributed by atoms with Crippen LogP contribution in [0.5, 0.6) is 0 Å². The minimum atomic E-state index is -0.468. The Hall–Kier alpha value is -3.66. The van der Waals surface area contributed by atoms with Crippen molar-refractivity contribution in [2.75, 3.05) is 17.7 Å². The zero-order valence-electron chi connectivity index (χ0n) is 16.6. The summed E-state index contributed by atoms with van der Waals surface area (Å²) in [5, 5.41) is 10.4. The highest BCUT2D eigenvalue weighted by Gasteiger charge is 2.14. The number of ether oxygens (including phenoxy) is 1. The molecule has 3 rings (SSSR count). The van der Waals surface area contributed by atoms with Crippen LogP contribution in [0.15, 0.2) is 41.9 Å². The van der Waals surface area contributed by atoms with Crippen molar-refractivity contribution in [3.63, 3.8) is 0 Å². The maximum absolute atomic E-state index is 12.5. The molecule has 10 heteroatoms. The van der Waals surface area contributed by atoms with Crippen molar-refractivity contribution in [3.05, 3.63) is 53.2 Å². The molecule has 3 aromatic rings. The summed E-state index contributed by atoms with van der Waals surface area (Å²) >= 11 is 1.27. The molecule has 0 aliphatic heterocycles. The van der Waals surface area contributed by atoms with Crippen LogP contribution in [0.4, 0.5) is 15.6 Å². The third-order valence-electron chi connectivity index (χ3n) is 3.93. The number of carbonyl (C=O) groups excluding carboxylic acids is 3. The first-order valence-electron chi connectivity index (χ1n) is 9.07. The minimum Gasteiger partial charge on any atom is -0.464 e. The molecule has 4 N–H and O–H groups in total. The maximum atomic E-state index is 12.5. The van der Waals surface area contributed by atoms with Crippen LogP contribution in [-0.4, -0.2) is 41.0 Å². The van der Waals surface area contributed by atoms with Gasteiger partial charge in [-0.1, -0.05) is 0 Å². The van der Waals surface area contributed by atoms with Crippen molar-refractivity contribution in [2.24, 2.45) is 0 Å². The molecule has 0 saturated heterocycles. The number of aromatic nitrogens is 2. The van der Waals surface area contributed by atoms with Crippen LogP contribution in [0.1, 0.15) is 34.7 Å². The Morgan fingerprint density at radius 3 is 2.53 bits per heavy atom. The van der Waals surface area contributed by atoms with Gasteiger partial charge in [0.25, 0.3) is 5.91 Å². The minimum absolute atomic E-state index is 0.0246. The van der Waals surface area contributed by atoms with Crippen molar-refractivity contribution in [2.45, 2.75) is 19.9 Å². The van der Waals surface area contributed by atoms with E-state index in [1.54, 1.807) is 41.9 Å². The number of amides is 3. The molecule has 0 atom stereocenters. The number of H-pyrrole nitrogens is 1. The van der Waals surface area contributed by atoms with E-state index in [1.165, 1.54) is 18.4 Å². The Morgan fingerprint density at radius 1 is 1.13 bits per heavy atom. The third kappa shape index (κ3) is 5.23. The smallest absolute Gasteiger partial charge is 0.354 e. The lowest BCUT2D eigenvalue weighted by Crippen LogP contribution is -2.34. The van der Waals surface area contributed by atoms with Crippen LogP contribution >= 0.6 is 11.3 Å². The third-order valence-corrected chi connectivity index (χ3v) is 4.69. The average Bonchev–Trinajstić information content (AvgIpc) is 3.36. The van der Waals surface area contributed by atoms with Crippen molar-refractivity contribution in [1.29, 1.82) is 0 Å². The summed E-state index contributed by atoms with van der Waals surface area (Å²) in [4.78, 5) is 42.9. The van der Waals surface area contributed by atoms with Gasteiger partial charge in [-0.15, -0.1) is 11.3 Å². The van der Waals surface area contributed by atoms with Gasteiger partial charge in [0.05, 0.1) is 12.8 Å². The Labute approximate surface area is 176 Å². The number of urea groups is 1. The molecule has 0 saturated carbocycles. The van der Waals surface area contributed by atoms with E-state index in [1.807, 2.05) is 13.8 Å². The van der Waals surface area contributed by atoms with Crippen LogP contribution in [0.25, 0.3) is 11.3 Å². The number of thiazole rings is 1. The number of aromatic amines is 1. The molecule has 9 nitrogen and oxygen atoms in total. The number of anilines is 2. The second kappa shape index (κ2) is 9.23. The summed E-state index contributed by atoms with van der Waals surface area (Å²) in [6.07, 6.45) is 1.65. The van der Waals surface area contributed by atoms with Gasteiger partial charge in [0.2, 0.25) is 0 Å². The largest absolute Gasteiger partial charge is 0.464 e. The normalized spacial score (nSPS) is 10.5. The number of benzene rings is 1. The number of hydrogen-bond acceptors (Lipinski definition) is 6. The Balaban J connectivity index is 1.62. The van der Waals surface area contributed by atoms with Gasteiger partial charge in [0.15, 0.2) is 5.13 Å². The SMILES string of the molecule is COC(=O)c1cc(-c2csc(NC(=O)c3ccc(NC(=O)NC(C)C)cc3)n2)c[nH]1. The number of nitrogens with zero attached hydrogens (tertiary/aromatic N) is 1. The van der Waals surface area contributed by atoms with Gasteiger partial charge in [0, 0.05) is 34.4 Å². The van der Waals surface area contributed by atoms with Gasteiger partial charge in [-0.2, -0.15) is 0 Å². The molecule has 0 aliphatic carbocycles. The summed E-state index contributed by atoms with van der Waals surface area (Å²) in [5.41, 5.74) is 2.66. The van der Waals surface area contributed by atoms with Crippen LogP contribution in [0.3, 0.4) is 0 Å². The lowest BCUT2D eigenvalue weighted by Gasteiger charge is -2.10. The van der Waals surface area contributed by atoms with E-state index < -0.39 is 5.97 Å². The number of esters is 1.